The van der Waals surface area contributed by atoms with Crippen LogP contribution in [0.5, 0.6) is 0 Å². The Bertz CT molecular complexity index is 709. The van der Waals surface area contributed by atoms with E-state index in [0.29, 0.717) is 0 Å². The van der Waals surface area contributed by atoms with Gasteiger partial charge in [0, 0.05) is 5.38 Å². The minimum Gasteiger partial charge on any atom is -0.479 e. The molecule has 0 aliphatic heterocycles. The average molecular weight is 401 g/mol. The maximum Gasteiger partial charge on any atom is 0.413 e. The second-order valence-corrected chi connectivity index (χ2v) is 7.80. The summed E-state index contributed by atoms with van der Waals surface area (Å²) in [5.74, 6) is -3.78. The first-order chi connectivity index (χ1) is 12.4. The van der Waals surface area contributed by atoms with Gasteiger partial charge in [-0.05, 0) is 26.7 Å². The first kappa shape index (κ1) is 22.4. The van der Waals surface area contributed by atoms with Gasteiger partial charge in [-0.2, -0.15) is 0 Å². The van der Waals surface area contributed by atoms with Crippen molar-refractivity contribution in [2.24, 2.45) is 5.92 Å². The molecule has 0 fully saturated rings. The minimum atomic E-state index is -1.57. The highest BCUT2D eigenvalue weighted by atomic mass is 32.1. The van der Waals surface area contributed by atoms with Crippen LogP contribution >= 0.6 is 11.3 Å². The number of nitrogens with zero attached hydrogens (tertiary/aromatic N) is 1. The fourth-order valence-electron chi connectivity index (χ4n) is 1.63. The molecule has 0 spiro atoms. The third kappa shape index (κ3) is 8.03. The molecule has 27 heavy (non-hydrogen) atoms. The van der Waals surface area contributed by atoms with Gasteiger partial charge in [0.2, 0.25) is 0 Å². The van der Waals surface area contributed by atoms with E-state index in [9.17, 15) is 24.3 Å². The number of esters is 1. The largest absolute Gasteiger partial charge is 0.479 e. The number of hydrogen-bond donors (Lipinski definition) is 3. The summed E-state index contributed by atoms with van der Waals surface area (Å²) >= 11 is 0.945. The molecule has 2 amide bonds. The number of amides is 2. The van der Waals surface area contributed by atoms with Gasteiger partial charge in [0.25, 0.3) is 0 Å². The summed E-state index contributed by atoms with van der Waals surface area (Å²) in [6.07, 6.45) is -0.753. The van der Waals surface area contributed by atoms with Crippen LogP contribution < -0.4 is 10.6 Å². The fraction of sp³-hybridized carbons (Fsp3) is 0.562. The van der Waals surface area contributed by atoms with Crippen LogP contribution in [0.3, 0.4) is 0 Å². The summed E-state index contributed by atoms with van der Waals surface area (Å²) in [6, 6.07) is -1.57. The third-order valence-corrected chi connectivity index (χ3v) is 3.46. The lowest BCUT2D eigenvalue weighted by Gasteiger charge is -2.18. The predicted molar refractivity (Wildman–Crippen MR) is 96.3 cm³/mol. The van der Waals surface area contributed by atoms with E-state index in [1.54, 1.807) is 34.6 Å². The molecule has 0 radical (unpaired) electrons. The topological polar surface area (TPSA) is 144 Å². The summed E-state index contributed by atoms with van der Waals surface area (Å²) in [5.41, 5.74) is -0.762. The Kier molecular flexibility index (Phi) is 7.70. The Morgan fingerprint density at radius 2 is 1.89 bits per heavy atom. The summed E-state index contributed by atoms with van der Waals surface area (Å²) < 4.78 is 9.82. The lowest BCUT2D eigenvalue weighted by Crippen LogP contribution is -2.39. The molecule has 1 aromatic rings. The van der Waals surface area contributed by atoms with E-state index in [0.717, 1.165) is 11.3 Å². The first-order valence-electron chi connectivity index (χ1n) is 8.05. The number of carboxylic acid groups (broad SMARTS) is 1. The van der Waals surface area contributed by atoms with Crippen LogP contribution in [0, 0.1) is 5.92 Å². The number of aliphatic carboxylic acids is 1. The molecule has 0 aliphatic rings. The number of thiazole rings is 1. The number of carbonyl (C=O) groups excluding carboxylic acids is 3. The second-order valence-electron chi connectivity index (χ2n) is 6.94. The highest BCUT2D eigenvalue weighted by Gasteiger charge is 2.29. The van der Waals surface area contributed by atoms with Crippen LogP contribution in [0.4, 0.5) is 9.93 Å². The molecule has 1 unspecified atom stereocenters. The SMILES string of the molecule is CC(C)COC(=O)C(=O)NC(C(=O)O)c1csc(NC(=O)OC(C)(C)C)n1. The molecule has 0 bridgehead atoms. The fourth-order valence-corrected chi connectivity index (χ4v) is 2.35. The minimum absolute atomic E-state index is 0.0250. The van der Waals surface area contributed by atoms with Crippen LogP contribution in [-0.2, 0) is 23.9 Å². The predicted octanol–water partition coefficient (Wildman–Crippen LogP) is 1.93. The smallest absolute Gasteiger partial charge is 0.413 e. The Morgan fingerprint density at radius 1 is 1.26 bits per heavy atom. The molecule has 0 aliphatic carbocycles. The Morgan fingerprint density at radius 3 is 2.41 bits per heavy atom. The number of anilines is 1. The standard InChI is InChI=1S/C16H23N3O7S/c1-8(2)6-25-13(23)11(20)18-10(12(21)22)9-7-27-14(17-9)19-15(24)26-16(3,4)5/h7-8,10H,6H2,1-5H3,(H,18,20)(H,21,22)(H,17,19,24). The zero-order chi connectivity index (χ0) is 20.8. The number of hydrogen-bond acceptors (Lipinski definition) is 8. The van der Waals surface area contributed by atoms with Gasteiger partial charge in [-0.1, -0.05) is 13.8 Å². The van der Waals surface area contributed by atoms with Gasteiger partial charge in [-0.25, -0.2) is 19.4 Å². The summed E-state index contributed by atoms with van der Waals surface area (Å²) in [6.45, 7) is 8.68. The van der Waals surface area contributed by atoms with Gasteiger partial charge in [0.05, 0.1) is 12.3 Å². The Balaban J connectivity index is 2.77. The van der Waals surface area contributed by atoms with Crippen molar-refractivity contribution in [3.63, 3.8) is 0 Å². The molecule has 1 heterocycles. The number of rotatable bonds is 6. The number of carbonyl (C=O) groups is 4. The normalized spacial score (nSPS) is 12.2. The summed E-state index contributed by atoms with van der Waals surface area (Å²) in [5, 5.41) is 15.1. The van der Waals surface area contributed by atoms with Gasteiger partial charge in [-0.15, -0.1) is 11.3 Å². The molecule has 0 aromatic carbocycles. The number of carboxylic acids is 1. The molecule has 11 heteroatoms. The molecule has 1 atom stereocenters. The molecular formula is C16H23N3O7S. The number of ether oxygens (including phenoxy) is 2. The van der Waals surface area contributed by atoms with Crippen LogP contribution in [0.1, 0.15) is 46.4 Å². The molecule has 150 valence electrons. The van der Waals surface area contributed by atoms with Crippen molar-refractivity contribution in [1.29, 1.82) is 0 Å². The number of nitrogens with one attached hydrogen (secondary N) is 2. The molecule has 1 rings (SSSR count). The van der Waals surface area contributed by atoms with Crippen molar-refractivity contribution in [3.05, 3.63) is 11.1 Å². The van der Waals surface area contributed by atoms with E-state index in [1.807, 2.05) is 5.32 Å². The van der Waals surface area contributed by atoms with Crippen molar-refractivity contribution in [1.82, 2.24) is 10.3 Å². The number of aromatic nitrogens is 1. The van der Waals surface area contributed by atoms with Gasteiger partial charge >= 0.3 is 23.9 Å². The third-order valence-electron chi connectivity index (χ3n) is 2.68. The van der Waals surface area contributed by atoms with E-state index >= 15 is 0 Å². The maximum absolute atomic E-state index is 11.8. The van der Waals surface area contributed by atoms with E-state index in [-0.39, 0.29) is 23.4 Å². The van der Waals surface area contributed by atoms with Crippen LogP contribution in [0.25, 0.3) is 0 Å². The molecule has 0 saturated heterocycles. The van der Waals surface area contributed by atoms with Gasteiger partial charge < -0.3 is 19.9 Å². The van der Waals surface area contributed by atoms with Crippen molar-refractivity contribution in [3.8, 4) is 0 Å². The van der Waals surface area contributed by atoms with E-state index in [2.05, 4.69) is 10.3 Å². The van der Waals surface area contributed by atoms with Crippen molar-refractivity contribution < 1.29 is 33.8 Å². The molecular weight excluding hydrogens is 378 g/mol. The Labute approximate surface area is 160 Å². The zero-order valence-electron chi connectivity index (χ0n) is 15.7. The summed E-state index contributed by atoms with van der Waals surface area (Å²) in [4.78, 5) is 50.5. The lowest BCUT2D eigenvalue weighted by atomic mass is 10.2. The van der Waals surface area contributed by atoms with Crippen molar-refractivity contribution >= 4 is 40.4 Å². The van der Waals surface area contributed by atoms with Crippen molar-refractivity contribution in [2.75, 3.05) is 11.9 Å². The first-order valence-corrected chi connectivity index (χ1v) is 8.93. The molecule has 1 aromatic heterocycles. The van der Waals surface area contributed by atoms with Crippen LogP contribution in [0.2, 0.25) is 0 Å². The van der Waals surface area contributed by atoms with E-state index in [4.69, 9.17) is 9.47 Å². The zero-order valence-corrected chi connectivity index (χ0v) is 16.5. The average Bonchev–Trinajstić information content (AvgIpc) is 2.95. The summed E-state index contributed by atoms with van der Waals surface area (Å²) in [7, 11) is 0. The molecule has 0 saturated carbocycles. The monoisotopic (exact) mass is 401 g/mol. The van der Waals surface area contributed by atoms with E-state index < -0.39 is 35.6 Å². The highest BCUT2D eigenvalue weighted by Crippen LogP contribution is 2.22. The quantitative estimate of drug-likeness (QED) is 0.484. The van der Waals surface area contributed by atoms with E-state index in [1.165, 1.54) is 5.38 Å². The molecule has 10 nitrogen and oxygen atoms in total. The van der Waals surface area contributed by atoms with Crippen LogP contribution in [0.15, 0.2) is 5.38 Å². The highest BCUT2D eigenvalue weighted by molar-refractivity contribution is 7.13. The van der Waals surface area contributed by atoms with Gasteiger partial charge in [-0.3, -0.25) is 10.1 Å². The maximum atomic E-state index is 11.8. The van der Waals surface area contributed by atoms with Gasteiger partial charge in [0.1, 0.15) is 5.60 Å². The molecule has 3 N–H and O–H groups in total. The second kappa shape index (κ2) is 9.31. The Hall–Kier alpha value is -2.69. The van der Waals surface area contributed by atoms with Gasteiger partial charge in [0.15, 0.2) is 11.2 Å². The van der Waals surface area contributed by atoms with Crippen LogP contribution in [-0.4, -0.2) is 46.2 Å². The van der Waals surface area contributed by atoms with Crippen molar-refractivity contribution in [2.45, 2.75) is 46.3 Å². The lowest BCUT2D eigenvalue weighted by molar-refractivity contribution is -0.157.